The molecule has 5 rings (SSSR count). The van der Waals surface area contributed by atoms with E-state index in [2.05, 4.69) is 70.3 Å². The normalized spacial score (nSPS) is 18.1. The van der Waals surface area contributed by atoms with Gasteiger partial charge in [0.05, 0.1) is 0 Å². The molecule has 5 nitrogen and oxygen atoms in total. The summed E-state index contributed by atoms with van der Waals surface area (Å²) in [5, 5.41) is 14.5. The molecular formula is C35H42FN3O2. The SMILES string of the molecule is CC(c1ccc(C#CC2CCN(CCCO)CC2)c2ccccc12)N1CCC(C(=O)NCc2cccc(F)c2)CC1. The molecule has 2 fully saturated rings. The maximum Gasteiger partial charge on any atom is 0.223 e. The number of fused-ring (bicyclic) bond motifs is 1. The highest BCUT2D eigenvalue weighted by molar-refractivity contribution is 5.91. The fourth-order valence-corrected chi connectivity index (χ4v) is 6.30. The number of nitrogens with one attached hydrogen (secondary N) is 1. The molecule has 3 aromatic rings. The lowest BCUT2D eigenvalue weighted by Gasteiger charge is -2.36. The molecule has 6 heteroatoms. The molecule has 0 aliphatic carbocycles. The van der Waals surface area contributed by atoms with Gasteiger partial charge in [0.2, 0.25) is 5.91 Å². The molecular weight excluding hydrogens is 513 g/mol. The minimum absolute atomic E-state index is 0.0112. The van der Waals surface area contributed by atoms with E-state index in [9.17, 15) is 9.18 Å². The highest BCUT2D eigenvalue weighted by atomic mass is 19.1. The van der Waals surface area contributed by atoms with Gasteiger partial charge in [0, 0.05) is 43.1 Å². The number of hydrogen-bond acceptors (Lipinski definition) is 4. The van der Waals surface area contributed by atoms with Gasteiger partial charge in [-0.05, 0) is 105 Å². The van der Waals surface area contributed by atoms with Gasteiger partial charge in [0.15, 0.2) is 0 Å². The summed E-state index contributed by atoms with van der Waals surface area (Å²) in [4.78, 5) is 17.7. The Hall–Kier alpha value is -3.24. The Bertz CT molecular complexity index is 1380. The molecule has 0 bridgehead atoms. The van der Waals surface area contributed by atoms with Crippen molar-refractivity contribution in [2.75, 3.05) is 39.3 Å². The van der Waals surface area contributed by atoms with Gasteiger partial charge in [0.25, 0.3) is 0 Å². The van der Waals surface area contributed by atoms with Crippen LogP contribution in [0.4, 0.5) is 4.39 Å². The minimum atomic E-state index is -0.279. The summed E-state index contributed by atoms with van der Waals surface area (Å²) in [6, 6.07) is 19.6. The Balaban J connectivity index is 1.19. The van der Waals surface area contributed by atoms with Crippen molar-refractivity contribution in [1.29, 1.82) is 0 Å². The zero-order valence-electron chi connectivity index (χ0n) is 24.1. The number of amides is 1. The third-order valence-electron chi connectivity index (χ3n) is 8.84. The van der Waals surface area contributed by atoms with Crippen LogP contribution in [0.1, 0.15) is 61.8 Å². The number of nitrogens with zero attached hydrogens (tertiary/aromatic N) is 2. The molecule has 0 aromatic heterocycles. The van der Waals surface area contributed by atoms with Crippen LogP contribution in [-0.2, 0) is 11.3 Å². The monoisotopic (exact) mass is 555 g/mol. The summed E-state index contributed by atoms with van der Waals surface area (Å²) in [6.45, 7) is 7.71. The van der Waals surface area contributed by atoms with Crippen molar-refractivity contribution in [1.82, 2.24) is 15.1 Å². The first-order valence-electron chi connectivity index (χ1n) is 15.1. The van der Waals surface area contributed by atoms with E-state index < -0.39 is 0 Å². The van der Waals surface area contributed by atoms with Crippen molar-refractivity contribution >= 4 is 16.7 Å². The topological polar surface area (TPSA) is 55.8 Å². The van der Waals surface area contributed by atoms with Gasteiger partial charge in [-0.3, -0.25) is 9.69 Å². The number of hydrogen-bond donors (Lipinski definition) is 2. The molecule has 0 radical (unpaired) electrons. The number of benzene rings is 3. The number of piperidine rings is 2. The van der Waals surface area contributed by atoms with Crippen LogP contribution in [0.25, 0.3) is 10.8 Å². The second kappa shape index (κ2) is 14.1. The van der Waals surface area contributed by atoms with Gasteiger partial charge in [-0.25, -0.2) is 4.39 Å². The third kappa shape index (κ3) is 7.54. The van der Waals surface area contributed by atoms with E-state index in [1.165, 1.54) is 28.5 Å². The zero-order chi connectivity index (χ0) is 28.6. The van der Waals surface area contributed by atoms with Gasteiger partial charge in [-0.15, -0.1) is 0 Å². The number of carbonyl (C=O) groups excluding carboxylic acids is 1. The predicted molar refractivity (Wildman–Crippen MR) is 163 cm³/mol. The number of halogens is 1. The Morgan fingerprint density at radius 2 is 1.76 bits per heavy atom. The summed E-state index contributed by atoms with van der Waals surface area (Å²) < 4.78 is 13.5. The molecule has 1 atom stereocenters. The van der Waals surface area contributed by atoms with Crippen molar-refractivity contribution in [3.05, 3.63) is 83.2 Å². The lowest BCUT2D eigenvalue weighted by atomic mass is 9.91. The van der Waals surface area contributed by atoms with Crippen LogP contribution < -0.4 is 5.32 Å². The van der Waals surface area contributed by atoms with Crippen LogP contribution in [0.5, 0.6) is 0 Å². The molecule has 1 amide bonds. The molecule has 216 valence electrons. The van der Waals surface area contributed by atoms with E-state index in [1.807, 2.05) is 6.07 Å². The lowest BCUT2D eigenvalue weighted by molar-refractivity contribution is -0.126. The van der Waals surface area contributed by atoms with E-state index in [4.69, 9.17) is 5.11 Å². The summed E-state index contributed by atoms with van der Waals surface area (Å²) in [5.74, 6) is 7.28. The summed E-state index contributed by atoms with van der Waals surface area (Å²) in [6.07, 6.45) is 4.66. The second-order valence-electron chi connectivity index (χ2n) is 11.5. The highest BCUT2D eigenvalue weighted by Crippen LogP contribution is 2.33. The molecule has 1 unspecified atom stereocenters. The molecule has 2 heterocycles. The van der Waals surface area contributed by atoms with Gasteiger partial charge in [0.1, 0.15) is 5.82 Å². The van der Waals surface area contributed by atoms with Gasteiger partial charge in [-0.2, -0.15) is 0 Å². The summed E-state index contributed by atoms with van der Waals surface area (Å²) in [5.41, 5.74) is 3.18. The molecule has 0 spiro atoms. The Morgan fingerprint density at radius 1 is 1.00 bits per heavy atom. The third-order valence-corrected chi connectivity index (χ3v) is 8.84. The van der Waals surface area contributed by atoms with Crippen molar-refractivity contribution in [3.8, 4) is 11.8 Å². The number of likely N-dealkylation sites (tertiary alicyclic amines) is 2. The molecule has 41 heavy (non-hydrogen) atoms. The standard InChI is InChI=1S/C35H42FN3O2/c1-26(39-21-16-30(17-22-39)35(41)37-25-28-6-4-7-31(36)24-28)32-13-12-29(33-8-2-3-9-34(32)33)11-10-27-14-19-38(20-15-27)18-5-23-40/h2-4,6-9,12-13,24,26-27,30,40H,5,14-23,25H2,1H3,(H,37,41). The van der Waals surface area contributed by atoms with Crippen molar-refractivity contribution in [2.24, 2.45) is 11.8 Å². The van der Waals surface area contributed by atoms with Crippen LogP contribution >= 0.6 is 0 Å². The Morgan fingerprint density at radius 3 is 2.49 bits per heavy atom. The van der Waals surface area contributed by atoms with Crippen LogP contribution in [0.3, 0.4) is 0 Å². The average Bonchev–Trinajstić information content (AvgIpc) is 3.01. The Labute approximate surface area is 243 Å². The first kappa shape index (κ1) is 29.3. The average molecular weight is 556 g/mol. The molecule has 2 N–H and O–H groups in total. The fraction of sp³-hybridized carbons (Fsp3) is 0.457. The Kier molecular flexibility index (Phi) is 10.1. The smallest absolute Gasteiger partial charge is 0.223 e. The van der Waals surface area contributed by atoms with Crippen LogP contribution in [0, 0.1) is 29.5 Å². The van der Waals surface area contributed by atoms with Gasteiger partial charge < -0.3 is 15.3 Å². The quantitative estimate of drug-likeness (QED) is 0.360. The molecule has 3 aromatic carbocycles. The molecule has 2 aliphatic rings. The van der Waals surface area contributed by atoms with Crippen molar-refractivity contribution < 1.29 is 14.3 Å². The van der Waals surface area contributed by atoms with Gasteiger partial charge in [-0.1, -0.05) is 54.3 Å². The fourth-order valence-electron chi connectivity index (χ4n) is 6.30. The number of aliphatic hydroxyl groups is 1. The van der Waals surface area contributed by atoms with Crippen LogP contribution in [0.2, 0.25) is 0 Å². The summed E-state index contributed by atoms with van der Waals surface area (Å²) >= 11 is 0. The second-order valence-corrected chi connectivity index (χ2v) is 11.5. The predicted octanol–water partition coefficient (Wildman–Crippen LogP) is 5.51. The zero-order valence-corrected chi connectivity index (χ0v) is 24.1. The highest BCUT2D eigenvalue weighted by Gasteiger charge is 2.28. The van der Waals surface area contributed by atoms with E-state index in [-0.39, 0.29) is 30.3 Å². The summed E-state index contributed by atoms with van der Waals surface area (Å²) in [7, 11) is 0. The lowest BCUT2D eigenvalue weighted by Crippen LogP contribution is -2.41. The molecule has 0 saturated carbocycles. The van der Waals surface area contributed by atoms with E-state index in [0.29, 0.717) is 12.5 Å². The maximum absolute atomic E-state index is 13.5. The number of aliphatic hydroxyl groups excluding tert-OH is 1. The van der Waals surface area contributed by atoms with E-state index in [0.717, 1.165) is 76.0 Å². The molecule has 2 saturated heterocycles. The minimum Gasteiger partial charge on any atom is -0.396 e. The van der Waals surface area contributed by atoms with Crippen LogP contribution in [0.15, 0.2) is 60.7 Å². The largest absolute Gasteiger partial charge is 0.396 e. The number of rotatable bonds is 8. The van der Waals surface area contributed by atoms with E-state index in [1.54, 1.807) is 6.07 Å². The first-order valence-corrected chi connectivity index (χ1v) is 15.1. The maximum atomic E-state index is 13.5. The van der Waals surface area contributed by atoms with Gasteiger partial charge >= 0.3 is 0 Å². The molecule has 2 aliphatic heterocycles. The van der Waals surface area contributed by atoms with Crippen LogP contribution in [-0.4, -0.2) is 60.1 Å². The number of carbonyl (C=O) groups is 1. The van der Waals surface area contributed by atoms with Crippen molar-refractivity contribution in [3.63, 3.8) is 0 Å². The van der Waals surface area contributed by atoms with Crippen molar-refractivity contribution in [2.45, 2.75) is 51.6 Å². The van der Waals surface area contributed by atoms with E-state index >= 15 is 0 Å². The first-order chi connectivity index (χ1) is 20.0.